The molecule has 0 N–H and O–H groups in total. The lowest BCUT2D eigenvalue weighted by Crippen LogP contribution is -1.83. The number of benzene rings is 1. The predicted molar refractivity (Wildman–Crippen MR) is 47.9 cm³/mol. The van der Waals surface area contributed by atoms with Gasteiger partial charge in [-0.1, -0.05) is 11.6 Å². The van der Waals surface area contributed by atoms with Crippen molar-refractivity contribution >= 4 is 23.4 Å². The maximum Gasteiger partial charge on any atom is 0.155 e. The lowest BCUT2D eigenvalue weighted by Gasteiger charge is -2.02. The van der Waals surface area contributed by atoms with Crippen molar-refractivity contribution in [2.45, 2.75) is 11.8 Å². The summed E-state index contributed by atoms with van der Waals surface area (Å²) in [6.45, 7) is 1.89. The first-order valence-electron chi connectivity index (χ1n) is 3.15. The van der Waals surface area contributed by atoms with Crippen LogP contribution < -0.4 is 0 Å². The number of hydrogen-bond acceptors (Lipinski definition) is 1. The predicted octanol–water partition coefficient (Wildman–Crippen LogP) is 3.51. The molecule has 0 aliphatic rings. The van der Waals surface area contributed by atoms with Gasteiger partial charge in [0.1, 0.15) is 0 Å². The molecule has 1 aromatic carbocycles. The van der Waals surface area contributed by atoms with Gasteiger partial charge in [-0.3, -0.25) is 0 Å². The molecule has 60 valence electrons. The third kappa shape index (κ3) is 1.88. The number of hydrogen-bond donors (Lipinski definition) is 0. The Kier molecular flexibility index (Phi) is 2.79. The Labute approximate surface area is 74.8 Å². The third-order valence-electron chi connectivity index (χ3n) is 1.36. The van der Waals surface area contributed by atoms with Crippen molar-refractivity contribution in [3.63, 3.8) is 0 Å². The molecule has 3 heteroatoms. The molecule has 1 rings (SSSR count). The first kappa shape index (κ1) is 8.88. The Morgan fingerprint density at radius 3 is 2.64 bits per heavy atom. The minimum Gasteiger partial charge on any atom is -0.204 e. The van der Waals surface area contributed by atoms with Gasteiger partial charge in [0.15, 0.2) is 5.82 Å². The first-order chi connectivity index (χ1) is 5.15. The molecule has 0 amide bonds. The van der Waals surface area contributed by atoms with Crippen molar-refractivity contribution in [1.82, 2.24) is 0 Å². The SMILES string of the molecule is CSc1cc(C)cc(Cl)c1F. The van der Waals surface area contributed by atoms with Crippen molar-refractivity contribution < 1.29 is 4.39 Å². The van der Waals surface area contributed by atoms with Crippen molar-refractivity contribution in [2.24, 2.45) is 0 Å². The number of thioether (sulfide) groups is 1. The van der Waals surface area contributed by atoms with Crippen molar-refractivity contribution in [3.05, 3.63) is 28.5 Å². The lowest BCUT2D eigenvalue weighted by molar-refractivity contribution is 0.602. The summed E-state index contributed by atoms with van der Waals surface area (Å²) < 4.78 is 13.0. The summed E-state index contributed by atoms with van der Waals surface area (Å²) in [5, 5.41) is 0.203. The standard InChI is InChI=1S/C8H8ClFS/c1-5-3-6(9)8(10)7(4-5)11-2/h3-4H,1-2H3. The highest BCUT2D eigenvalue weighted by atomic mass is 35.5. The summed E-state index contributed by atoms with van der Waals surface area (Å²) in [7, 11) is 0. The molecular formula is C8H8ClFS. The van der Waals surface area contributed by atoms with E-state index >= 15 is 0 Å². The smallest absolute Gasteiger partial charge is 0.155 e. The lowest BCUT2D eigenvalue weighted by atomic mass is 10.2. The van der Waals surface area contributed by atoms with E-state index in [9.17, 15) is 4.39 Å². The van der Waals surface area contributed by atoms with Crippen molar-refractivity contribution in [1.29, 1.82) is 0 Å². The van der Waals surface area contributed by atoms with Crippen molar-refractivity contribution in [3.8, 4) is 0 Å². The van der Waals surface area contributed by atoms with Gasteiger partial charge < -0.3 is 0 Å². The summed E-state index contributed by atoms with van der Waals surface area (Å²) in [6, 6.07) is 3.41. The molecule has 11 heavy (non-hydrogen) atoms. The van der Waals surface area contributed by atoms with E-state index in [1.807, 2.05) is 13.2 Å². The van der Waals surface area contributed by atoms with Gasteiger partial charge in [0.05, 0.1) is 5.02 Å². The molecule has 0 aromatic heterocycles. The highest BCUT2D eigenvalue weighted by Gasteiger charge is 2.05. The first-order valence-corrected chi connectivity index (χ1v) is 4.75. The van der Waals surface area contributed by atoms with Gasteiger partial charge in [-0.25, -0.2) is 4.39 Å². The summed E-state index contributed by atoms with van der Waals surface area (Å²) in [6.07, 6.45) is 1.83. The molecule has 1 aromatic rings. The molecule has 0 fully saturated rings. The Hall–Kier alpha value is -0.210. The Bertz CT molecular complexity index is 273. The molecule has 0 saturated carbocycles. The minimum atomic E-state index is -0.315. The fraction of sp³-hybridized carbons (Fsp3) is 0.250. The zero-order valence-electron chi connectivity index (χ0n) is 6.32. The minimum absolute atomic E-state index is 0.203. The molecule has 0 saturated heterocycles. The van der Waals surface area contributed by atoms with E-state index in [4.69, 9.17) is 11.6 Å². The molecule has 0 radical (unpaired) electrons. The van der Waals surface area contributed by atoms with Gasteiger partial charge in [0.2, 0.25) is 0 Å². The summed E-state index contributed by atoms with van der Waals surface area (Å²) >= 11 is 6.97. The maximum atomic E-state index is 13.0. The largest absolute Gasteiger partial charge is 0.204 e. The van der Waals surface area contributed by atoms with Crippen LogP contribution in [-0.2, 0) is 0 Å². The monoisotopic (exact) mass is 190 g/mol. The Morgan fingerprint density at radius 1 is 1.45 bits per heavy atom. The van der Waals surface area contributed by atoms with Gasteiger partial charge in [-0.05, 0) is 30.9 Å². The second-order valence-electron chi connectivity index (χ2n) is 2.26. The molecule has 0 heterocycles. The quantitative estimate of drug-likeness (QED) is 0.611. The Balaban J connectivity index is 3.24. The fourth-order valence-corrected chi connectivity index (χ4v) is 1.76. The van der Waals surface area contributed by atoms with Crippen LogP contribution in [0.5, 0.6) is 0 Å². The van der Waals surface area contributed by atoms with E-state index < -0.39 is 0 Å². The van der Waals surface area contributed by atoms with Crippen LogP contribution in [0.3, 0.4) is 0 Å². The molecule has 0 spiro atoms. The van der Waals surface area contributed by atoms with Crippen LogP contribution in [0, 0.1) is 12.7 Å². The van der Waals surface area contributed by atoms with Crippen LogP contribution in [-0.4, -0.2) is 6.26 Å². The van der Waals surface area contributed by atoms with E-state index in [0.717, 1.165) is 5.56 Å². The summed E-state index contributed by atoms with van der Waals surface area (Å²) in [5.41, 5.74) is 0.987. The molecule has 0 bridgehead atoms. The number of rotatable bonds is 1. The highest BCUT2D eigenvalue weighted by Crippen LogP contribution is 2.26. The topological polar surface area (TPSA) is 0 Å². The van der Waals surface area contributed by atoms with E-state index in [1.165, 1.54) is 11.8 Å². The average molecular weight is 191 g/mol. The molecule has 0 unspecified atom stereocenters. The van der Waals surface area contributed by atoms with Gasteiger partial charge in [-0.2, -0.15) is 0 Å². The average Bonchev–Trinajstić information content (AvgIpc) is 1.96. The Morgan fingerprint density at radius 2 is 2.09 bits per heavy atom. The molecule has 0 atom stereocenters. The van der Waals surface area contributed by atoms with Gasteiger partial charge in [-0.15, -0.1) is 11.8 Å². The van der Waals surface area contributed by atoms with Crippen LogP contribution >= 0.6 is 23.4 Å². The third-order valence-corrected chi connectivity index (χ3v) is 2.37. The maximum absolute atomic E-state index is 13.0. The fourth-order valence-electron chi connectivity index (χ4n) is 0.841. The zero-order valence-corrected chi connectivity index (χ0v) is 7.89. The van der Waals surface area contributed by atoms with Crippen LogP contribution in [0.1, 0.15) is 5.56 Å². The molecular weight excluding hydrogens is 183 g/mol. The van der Waals surface area contributed by atoms with Gasteiger partial charge >= 0.3 is 0 Å². The molecule has 0 aliphatic heterocycles. The normalized spacial score (nSPS) is 10.2. The van der Waals surface area contributed by atoms with Crippen LogP contribution in [0.2, 0.25) is 5.02 Å². The van der Waals surface area contributed by atoms with Gasteiger partial charge in [0, 0.05) is 4.90 Å². The van der Waals surface area contributed by atoms with Crippen LogP contribution in [0.25, 0.3) is 0 Å². The summed E-state index contributed by atoms with van der Waals surface area (Å²) in [5.74, 6) is -0.315. The van der Waals surface area contributed by atoms with E-state index in [2.05, 4.69) is 0 Å². The molecule has 0 nitrogen and oxygen atoms in total. The van der Waals surface area contributed by atoms with Crippen molar-refractivity contribution in [2.75, 3.05) is 6.26 Å². The second kappa shape index (κ2) is 3.46. The zero-order chi connectivity index (χ0) is 8.43. The highest BCUT2D eigenvalue weighted by molar-refractivity contribution is 7.98. The second-order valence-corrected chi connectivity index (χ2v) is 3.52. The van der Waals surface area contributed by atoms with E-state index in [1.54, 1.807) is 12.1 Å². The van der Waals surface area contributed by atoms with Gasteiger partial charge in [0.25, 0.3) is 0 Å². The van der Waals surface area contributed by atoms with Crippen LogP contribution in [0.15, 0.2) is 17.0 Å². The molecule has 0 aliphatic carbocycles. The van der Waals surface area contributed by atoms with Crippen LogP contribution in [0.4, 0.5) is 4.39 Å². The van der Waals surface area contributed by atoms with E-state index in [0.29, 0.717) is 4.90 Å². The number of aryl methyl sites for hydroxylation is 1. The number of halogens is 2. The summed E-state index contributed by atoms with van der Waals surface area (Å²) in [4.78, 5) is 0.606. The van der Waals surface area contributed by atoms with E-state index in [-0.39, 0.29) is 10.8 Å².